The Bertz CT molecular complexity index is 1120. The smallest absolute Gasteiger partial charge is 0.277 e. The molecule has 4 rings (SSSR count). The summed E-state index contributed by atoms with van der Waals surface area (Å²) >= 11 is 0. The van der Waals surface area contributed by atoms with Crippen LogP contribution in [-0.4, -0.2) is 32.3 Å². The first-order chi connectivity index (χ1) is 13.4. The van der Waals surface area contributed by atoms with E-state index in [9.17, 15) is 13.2 Å². The van der Waals surface area contributed by atoms with Crippen molar-refractivity contribution in [2.75, 3.05) is 22.4 Å². The number of carbonyl (C=O) groups is 1. The van der Waals surface area contributed by atoms with Crippen molar-refractivity contribution in [2.24, 2.45) is 0 Å². The van der Waals surface area contributed by atoms with Gasteiger partial charge in [-0.2, -0.15) is 0 Å². The molecular weight excluding hydrogens is 378 g/mol. The van der Waals surface area contributed by atoms with Crippen LogP contribution in [0.2, 0.25) is 0 Å². The van der Waals surface area contributed by atoms with E-state index in [-0.39, 0.29) is 11.6 Å². The lowest BCUT2D eigenvalue weighted by molar-refractivity contribution is 0.101. The fourth-order valence-corrected chi connectivity index (χ4v) is 4.30. The maximum absolute atomic E-state index is 12.5. The number of benzene rings is 2. The van der Waals surface area contributed by atoms with Crippen LogP contribution < -0.4 is 9.62 Å². The number of amides is 1. The average molecular weight is 397 g/mol. The normalized spacial score (nSPS) is 13.8. The SMILES string of the molecule is CS(=O)(=O)N1CCCc2cc(NC(=O)c3cc(-c4ccccc4)on3)ccc21. The second-order valence-electron chi connectivity index (χ2n) is 6.68. The van der Waals surface area contributed by atoms with Gasteiger partial charge >= 0.3 is 0 Å². The Labute approximate surface area is 163 Å². The van der Waals surface area contributed by atoms with Gasteiger partial charge in [-0.15, -0.1) is 0 Å². The van der Waals surface area contributed by atoms with Crippen molar-refractivity contribution in [3.63, 3.8) is 0 Å². The largest absolute Gasteiger partial charge is 0.355 e. The zero-order chi connectivity index (χ0) is 19.7. The van der Waals surface area contributed by atoms with E-state index in [0.29, 0.717) is 23.7 Å². The number of rotatable bonds is 4. The highest BCUT2D eigenvalue weighted by Crippen LogP contribution is 2.31. The number of hydrogen-bond donors (Lipinski definition) is 1. The molecule has 1 N–H and O–H groups in total. The lowest BCUT2D eigenvalue weighted by Crippen LogP contribution is -2.34. The van der Waals surface area contributed by atoms with Crippen molar-refractivity contribution >= 4 is 27.3 Å². The van der Waals surface area contributed by atoms with Gasteiger partial charge < -0.3 is 9.84 Å². The summed E-state index contributed by atoms with van der Waals surface area (Å²) in [7, 11) is -3.32. The number of aromatic nitrogens is 1. The topological polar surface area (TPSA) is 92.5 Å². The number of sulfonamides is 1. The number of nitrogens with one attached hydrogen (secondary N) is 1. The van der Waals surface area contributed by atoms with Gasteiger partial charge in [0.1, 0.15) is 0 Å². The zero-order valence-electron chi connectivity index (χ0n) is 15.3. The fourth-order valence-electron chi connectivity index (χ4n) is 3.30. The van der Waals surface area contributed by atoms with E-state index in [0.717, 1.165) is 24.0 Å². The summed E-state index contributed by atoms with van der Waals surface area (Å²) in [5.41, 5.74) is 3.15. The quantitative estimate of drug-likeness (QED) is 0.729. The molecule has 0 atom stereocenters. The molecule has 1 aromatic heterocycles. The minimum atomic E-state index is -3.32. The maximum atomic E-state index is 12.5. The minimum absolute atomic E-state index is 0.175. The number of carbonyl (C=O) groups excluding carboxylic acids is 1. The van der Waals surface area contributed by atoms with Crippen LogP contribution in [-0.2, 0) is 16.4 Å². The third-order valence-electron chi connectivity index (χ3n) is 4.61. The summed E-state index contributed by atoms with van der Waals surface area (Å²) < 4.78 is 30.6. The molecule has 0 saturated carbocycles. The molecule has 0 spiro atoms. The van der Waals surface area contributed by atoms with Gasteiger partial charge in [-0.05, 0) is 36.6 Å². The molecule has 8 heteroatoms. The third kappa shape index (κ3) is 3.63. The van der Waals surface area contributed by atoms with Crippen molar-refractivity contribution in [3.8, 4) is 11.3 Å². The summed E-state index contributed by atoms with van der Waals surface area (Å²) in [4.78, 5) is 12.5. The second kappa shape index (κ2) is 7.12. The Morgan fingerprint density at radius 2 is 1.93 bits per heavy atom. The van der Waals surface area contributed by atoms with Gasteiger partial charge in [0, 0.05) is 23.9 Å². The molecule has 1 amide bonds. The monoisotopic (exact) mass is 397 g/mol. The third-order valence-corrected chi connectivity index (χ3v) is 5.79. The van der Waals surface area contributed by atoms with E-state index < -0.39 is 10.0 Å². The molecule has 144 valence electrons. The predicted octanol–water partition coefficient (Wildman–Crippen LogP) is 3.31. The van der Waals surface area contributed by atoms with Gasteiger partial charge in [-0.3, -0.25) is 9.10 Å². The van der Waals surface area contributed by atoms with Crippen LogP contribution >= 0.6 is 0 Å². The number of hydrogen-bond acceptors (Lipinski definition) is 5. The summed E-state index contributed by atoms with van der Waals surface area (Å²) in [5.74, 6) is 0.127. The predicted molar refractivity (Wildman–Crippen MR) is 107 cm³/mol. The summed E-state index contributed by atoms with van der Waals surface area (Å²) in [6.45, 7) is 0.471. The first-order valence-corrected chi connectivity index (χ1v) is 10.7. The van der Waals surface area contributed by atoms with E-state index in [4.69, 9.17) is 4.52 Å². The van der Waals surface area contributed by atoms with E-state index in [1.807, 2.05) is 36.4 Å². The summed E-state index contributed by atoms with van der Waals surface area (Å²) in [6.07, 6.45) is 2.70. The van der Waals surface area contributed by atoms with Crippen LogP contribution in [0.1, 0.15) is 22.5 Å². The molecule has 0 bridgehead atoms. The zero-order valence-corrected chi connectivity index (χ0v) is 16.1. The molecule has 2 heterocycles. The van der Waals surface area contributed by atoms with Crippen molar-refractivity contribution in [2.45, 2.75) is 12.8 Å². The van der Waals surface area contributed by atoms with Crippen LogP contribution in [0.5, 0.6) is 0 Å². The summed E-state index contributed by atoms with van der Waals surface area (Å²) in [6, 6.07) is 16.2. The highest BCUT2D eigenvalue weighted by molar-refractivity contribution is 7.92. The molecule has 3 aromatic rings. The lowest BCUT2D eigenvalue weighted by atomic mass is 10.0. The molecule has 0 unspecified atom stereocenters. The van der Waals surface area contributed by atoms with E-state index in [1.165, 1.54) is 10.6 Å². The second-order valence-corrected chi connectivity index (χ2v) is 8.59. The van der Waals surface area contributed by atoms with Crippen molar-refractivity contribution in [1.29, 1.82) is 0 Å². The van der Waals surface area contributed by atoms with Crippen LogP contribution in [0.15, 0.2) is 59.1 Å². The van der Waals surface area contributed by atoms with Crippen molar-refractivity contribution in [1.82, 2.24) is 5.16 Å². The molecule has 28 heavy (non-hydrogen) atoms. The maximum Gasteiger partial charge on any atom is 0.277 e. The molecule has 0 radical (unpaired) electrons. The number of fused-ring (bicyclic) bond motifs is 1. The Morgan fingerprint density at radius 3 is 2.68 bits per heavy atom. The van der Waals surface area contributed by atoms with Crippen LogP contribution in [0.3, 0.4) is 0 Å². The summed E-state index contributed by atoms with van der Waals surface area (Å²) in [5, 5.41) is 6.64. The number of aryl methyl sites for hydroxylation is 1. The Balaban J connectivity index is 1.54. The molecule has 0 aliphatic carbocycles. The molecule has 1 aliphatic rings. The van der Waals surface area contributed by atoms with Crippen LogP contribution in [0.4, 0.5) is 11.4 Å². The molecule has 0 fully saturated rings. The van der Waals surface area contributed by atoms with Crippen molar-refractivity contribution in [3.05, 3.63) is 65.9 Å². The Morgan fingerprint density at radius 1 is 1.14 bits per heavy atom. The van der Waals surface area contributed by atoms with Crippen LogP contribution in [0, 0.1) is 0 Å². The van der Waals surface area contributed by atoms with Gasteiger partial charge in [-0.1, -0.05) is 35.5 Å². The highest BCUT2D eigenvalue weighted by Gasteiger charge is 2.24. The van der Waals surface area contributed by atoms with Gasteiger partial charge in [-0.25, -0.2) is 8.42 Å². The fraction of sp³-hybridized carbons (Fsp3) is 0.200. The van der Waals surface area contributed by atoms with Gasteiger partial charge in [0.25, 0.3) is 5.91 Å². The molecular formula is C20H19N3O4S. The van der Waals surface area contributed by atoms with Crippen molar-refractivity contribution < 1.29 is 17.7 Å². The standard InChI is InChI=1S/C20H19N3O4S/c1-28(25,26)23-11-5-8-15-12-16(9-10-18(15)23)21-20(24)17-13-19(27-22-17)14-6-3-2-4-7-14/h2-4,6-7,9-10,12-13H,5,8,11H2,1H3,(H,21,24). The van der Waals surface area contributed by atoms with E-state index in [1.54, 1.807) is 18.2 Å². The average Bonchev–Trinajstić information content (AvgIpc) is 3.18. The lowest BCUT2D eigenvalue weighted by Gasteiger charge is -2.29. The molecule has 7 nitrogen and oxygen atoms in total. The van der Waals surface area contributed by atoms with Crippen LogP contribution in [0.25, 0.3) is 11.3 Å². The first-order valence-electron chi connectivity index (χ1n) is 8.86. The Kier molecular flexibility index (Phi) is 4.64. The van der Waals surface area contributed by atoms with Gasteiger partial charge in [0.05, 0.1) is 11.9 Å². The van der Waals surface area contributed by atoms with E-state index in [2.05, 4.69) is 10.5 Å². The molecule has 1 aliphatic heterocycles. The molecule has 2 aromatic carbocycles. The Hall–Kier alpha value is -3.13. The molecule has 0 saturated heterocycles. The van der Waals surface area contributed by atoms with E-state index >= 15 is 0 Å². The van der Waals surface area contributed by atoms with Gasteiger partial charge in [0.15, 0.2) is 11.5 Å². The van der Waals surface area contributed by atoms with Gasteiger partial charge in [0.2, 0.25) is 10.0 Å². The highest BCUT2D eigenvalue weighted by atomic mass is 32.2. The number of nitrogens with zero attached hydrogens (tertiary/aromatic N) is 2. The number of anilines is 2. The minimum Gasteiger partial charge on any atom is -0.355 e. The first kappa shape index (κ1) is 18.2.